The lowest BCUT2D eigenvalue weighted by Crippen LogP contribution is -2.34. The Kier molecular flexibility index (Phi) is 2.95. The maximum Gasteiger partial charge on any atom is 0.164 e. The Morgan fingerprint density at radius 1 is 0.800 bits per heavy atom. The Balaban J connectivity index is 1.97. The van der Waals surface area contributed by atoms with Gasteiger partial charge in [0, 0.05) is 0 Å². The van der Waals surface area contributed by atoms with Crippen LogP contribution in [0.2, 0.25) is 0 Å². The van der Waals surface area contributed by atoms with E-state index in [4.69, 9.17) is 18.9 Å². The molecule has 20 heavy (non-hydrogen) atoms. The summed E-state index contributed by atoms with van der Waals surface area (Å²) in [6.07, 6.45) is 1.98. The van der Waals surface area contributed by atoms with Gasteiger partial charge in [0.25, 0.3) is 0 Å². The van der Waals surface area contributed by atoms with E-state index in [1.54, 1.807) is 0 Å². The standard InChI is InChI=1S/C16H26O4/c1-14(2,3)8-9-10-12(19-15(4,5)17-10)13-11(9)18-16(6,7)20-13/h8,10-13H,1-7H3/t10-,11-,12-,13-/m1/s1. The lowest BCUT2D eigenvalue weighted by atomic mass is 9.91. The summed E-state index contributed by atoms with van der Waals surface area (Å²) >= 11 is 0. The van der Waals surface area contributed by atoms with E-state index in [1.165, 1.54) is 5.57 Å². The van der Waals surface area contributed by atoms with Gasteiger partial charge in [-0.25, -0.2) is 0 Å². The molecule has 3 aliphatic rings. The van der Waals surface area contributed by atoms with E-state index < -0.39 is 11.6 Å². The van der Waals surface area contributed by atoms with E-state index in [-0.39, 0.29) is 29.8 Å². The van der Waals surface area contributed by atoms with Crippen molar-refractivity contribution in [2.45, 2.75) is 84.5 Å². The highest BCUT2D eigenvalue weighted by atomic mass is 16.8. The molecule has 0 aromatic carbocycles. The zero-order valence-corrected chi connectivity index (χ0v) is 13.5. The molecule has 0 radical (unpaired) electrons. The van der Waals surface area contributed by atoms with Gasteiger partial charge in [-0.05, 0) is 38.7 Å². The predicted octanol–water partition coefficient (Wildman–Crippen LogP) is 3.01. The van der Waals surface area contributed by atoms with Crippen molar-refractivity contribution < 1.29 is 18.9 Å². The third kappa shape index (κ3) is 2.43. The molecular weight excluding hydrogens is 256 g/mol. The largest absolute Gasteiger partial charge is 0.341 e. The van der Waals surface area contributed by atoms with E-state index >= 15 is 0 Å². The topological polar surface area (TPSA) is 36.9 Å². The van der Waals surface area contributed by atoms with Crippen LogP contribution in [0.15, 0.2) is 11.6 Å². The quantitative estimate of drug-likeness (QED) is 0.640. The van der Waals surface area contributed by atoms with Gasteiger partial charge in [0.2, 0.25) is 0 Å². The molecule has 3 fully saturated rings. The summed E-state index contributed by atoms with van der Waals surface area (Å²) in [7, 11) is 0. The highest BCUT2D eigenvalue weighted by molar-refractivity contribution is 5.31. The van der Waals surface area contributed by atoms with Crippen LogP contribution in [0.1, 0.15) is 48.5 Å². The molecule has 0 amide bonds. The van der Waals surface area contributed by atoms with Gasteiger partial charge in [0.05, 0.1) is 0 Å². The lowest BCUT2D eigenvalue weighted by molar-refractivity contribution is -0.174. The van der Waals surface area contributed by atoms with Crippen molar-refractivity contribution in [1.29, 1.82) is 0 Å². The van der Waals surface area contributed by atoms with E-state index in [2.05, 4.69) is 26.8 Å². The Bertz CT molecular complexity index is 412. The molecule has 0 aromatic rings. The summed E-state index contributed by atoms with van der Waals surface area (Å²) in [4.78, 5) is 0. The Labute approximate surface area is 121 Å². The van der Waals surface area contributed by atoms with Crippen LogP contribution in [0.3, 0.4) is 0 Å². The first kappa shape index (κ1) is 14.5. The van der Waals surface area contributed by atoms with Gasteiger partial charge in [-0.15, -0.1) is 0 Å². The molecule has 3 rings (SSSR count). The van der Waals surface area contributed by atoms with Gasteiger partial charge in [-0.3, -0.25) is 0 Å². The van der Waals surface area contributed by atoms with Gasteiger partial charge in [0.1, 0.15) is 24.4 Å². The summed E-state index contributed by atoms with van der Waals surface area (Å²) < 4.78 is 24.3. The number of fused-ring (bicyclic) bond motifs is 3. The molecule has 4 heteroatoms. The fourth-order valence-electron chi connectivity index (χ4n) is 3.40. The second-order valence-corrected chi connectivity index (χ2v) is 8.05. The molecule has 0 bridgehead atoms. The molecule has 1 saturated carbocycles. The predicted molar refractivity (Wildman–Crippen MR) is 75.2 cm³/mol. The minimum absolute atomic E-state index is 0.0599. The van der Waals surface area contributed by atoms with Gasteiger partial charge in [0.15, 0.2) is 11.6 Å². The highest BCUT2D eigenvalue weighted by Crippen LogP contribution is 2.49. The van der Waals surface area contributed by atoms with Gasteiger partial charge >= 0.3 is 0 Å². The average molecular weight is 282 g/mol. The fraction of sp³-hybridized carbons (Fsp3) is 0.875. The molecule has 0 aromatic heterocycles. The molecule has 2 saturated heterocycles. The minimum atomic E-state index is -0.562. The summed E-state index contributed by atoms with van der Waals surface area (Å²) in [5.74, 6) is -1.12. The van der Waals surface area contributed by atoms with Crippen LogP contribution in [0.25, 0.3) is 0 Å². The maximum atomic E-state index is 6.09. The Morgan fingerprint density at radius 3 is 1.55 bits per heavy atom. The zero-order chi connectivity index (χ0) is 14.9. The van der Waals surface area contributed by atoms with Crippen LogP contribution in [0.5, 0.6) is 0 Å². The molecule has 114 valence electrons. The normalized spacial score (nSPS) is 41.6. The van der Waals surface area contributed by atoms with E-state index in [0.717, 1.165) is 0 Å². The molecule has 4 nitrogen and oxygen atoms in total. The molecule has 2 heterocycles. The number of ether oxygens (including phenoxy) is 4. The van der Waals surface area contributed by atoms with Crippen molar-refractivity contribution >= 4 is 0 Å². The van der Waals surface area contributed by atoms with Crippen LogP contribution in [0.4, 0.5) is 0 Å². The molecule has 0 unspecified atom stereocenters. The number of hydrogen-bond donors (Lipinski definition) is 0. The van der Waals surface area contributed by atoms with Crippen molar-refractivity contribution in [2.75, 3.05) is 0 Å². The summed E-state index contributed by atoms with van der Waals surface area (Å²) in [6, 6.07) is 0. The second-order valence-electron chi connectivity index (χ2n) is 8.05. The Hall–Kier alpha value is -0.420. The minimum Gasteiger partial charge on any atom is -0.341 e. The molecular formula is C16H26O4. The Morgan fingerprint density at radius 2 is 1.20 bits per heavy atom. The van der Waals surface area contributed by atoms with Crippen molar-refractivity contribution in [3.05, 3.63) is 11.6 Å². The van der Waals surface area contributed by atoms with Crippen LogP contribution in [-0.2, 0) is 18.9 Å². The van der Waals surface area contributed by atoms with Crippen LogP contribution in [0, 0.1) is 5.41 Å². The van der Waals surface area contributed by atoms with E-state index in [1.807, 2.05) is 27.7 Å². The van der Waals surface area contributed by atoms with Crippen molar-refractivity contribution in [1.82, 2.24) is 0 Å². The number of rotatable bonds is 0. The van der Waals surface area contributed by atoms with E-state index in [0.29, 0.717) is 0 Å². The first-order valence-corrected chi connectivity index (χ1v) is 7.41. The van der Waals surface area contributed by atoms with Gasteiger partial charge in [-0.1, -0.05) is 26.8 Å². The summed E-state index contributed by atoms with van der Waals surface area (Å²) in [5.41, 5.74) is 1.24. The van der Waals surface area contributed by atoms with E-state index in [9.17, 15) is 0 Å². The summed E-state index contributed by atoms with van der Waals surface area (Å²) in [5, 5.41) is 0. The highest BCUT2D eigenvalue weighted by Gasteiger charge is 2.62. The third-order valence-electron chi connectivity index (χ3n) is 3.84. The van der Waals surface area contributed by atoms with Gasteiger partial charge in [-0.2, -0.15) is 0 Å². The SMILES string of the molecule is CC(C)(C)C=C1[C@H]2OC(C)(C)O[C@H]2[C@@H]2OC(C)(C)O[C@H]12. The van der Waals surface area contributed by atoms with Crippen LogP contribution >= 0.6 is 0 Å². The fourth-order valence-corrected chi connectivity index (χ4v) is 3.40. The average Bonchev–Trinajstić information content (AvgIpc) is 2.76. The van der Waals surface area contributed by atoms with Crippen molar-refractivity contribution in [3.63, 3.8) is 0 Å². The van der Waals surface area contributed by atoms with Crippen molar-refractivity contribution in [3.8, 4) is 0 Å². The van der Waals surface area contributed by atoms with Gasteiger partial charge < -0.3 is 18.9 Å². The monoisotopic (exact) mass is 282 g/mol. The second kappa shape index (κ2) is 4.07. The molecule has 1 aliphatic carbocycles. The first-order chi connectivity index (χ1) is 8.98. The summed E-state index contributed by atoms with van der Waals surface area (Å²) in [6.45, 7) is 14.4. The number of allylic oxidation sites excluding steroid dienone is 1. The zero-order valence-electron chi connectivity index (χ0n) is 13.5. The van der Waals surface area contributed by atoms with Crippen molar-refractivity contribution in [2.24, 2.45) is 5.41 Å². The van der Waals surface area contributed by atoms with Crippen LogP contribution in [-0.4, -0.2) is 36.0 Å². The molecule has 0 N–H and O–H groups in total. The smallest absolute Gasteiger partial charge is 0.164 e. The third-order valence-corrected chi connectivity index (χ3v) is 3.84. The molecule has 0 spiro atoms. The molecule has 2 aliphatic heterocycles. The lowest BCUT2D eigenvalue weighted by Gasteiger charge is -2.24. The maximum absolute atomic E-state index is 6.09. The molecule has 4 atom stereocenters. The number of hydrogen-bond acceptors (Lipinski definition) is 4. The van der Waals surface area contributed by atoms with Crippen LogP contribution < -0.4 is 0 Å². The first-order valence-electron chi connectivity index (χ1n) is 7.41.